The first-order valence-electron chi connectivity index (χ1n) is 7.38. The normalized spacial score (nSPS) is 12.7. The minimum atomic E-state index is -0.746. The zero-order valence-electron chi connectivity index (χ0n) is 14.1. The SMILES string of the molecule is COc1cc(OC)c([C@H](N)[C@H](O)Cc2ccccc2)cc1OC.Cl. The maximum absolute atomic E-state index is 10.5. The zero-order chi connectivity index (χ0) is 16.8. The highest BCUT2D eigenvalue weighted by Crippen LogP contribution is 2.37. The molecular formula is C18H24ClNO4. The molecule has 0 fully saturated rings. The second-order valence-corrected chi connectivity index (χ2v) is 5.23. The van der Waals surface area contributed by atoms with Crippen LogP contribution in [0.25, 0.3) is 0 Å². The molecule has 2 aromatic carbocycles. The summed E-state index contributed by atoms with van der Waals surface area (Å²) in [6, 6.07) is 12.6. The lowest BCUT2D eigenvalue weighted by Gasteiger charge is -2.23. The van der Waals surface area contributed by atoms with E-state index < -0.39 is 12.1 Å². The van der Waals surface area contributed by atoms with Crippen molar-refractivity contribution >= 4 is 12.4 Å². The fourth-order valence-corrected chi connectivity index (χ4v) is 2.50. The lowest BCUT2D eigenvalue weighted by Crippen LogP contribution is -2.28. The van der Waals surface area contributed by atoms with Crippen molar-refractivity contribution < 1.29 is 19.3 Å². The maximum Gasteiger partial charge on any atom is 0.164 e. The zero-order valence-corrected chi connectivity index (χ0v) is 14.9. The van der Waals surface area contributed by atoms with E-state index >= 15 is 0 Å². The number of aliphatic hydroxyl groups is 1. The van der Waals surface area contributed by atoms with Gasteiger partial charge in [-0.05, 0) is 11.6 Å². The molecule has 2 atom stereocenters. The predicted molar refractivity (Wildman–Crippen MR) is 96.4 cm³/mol. The molecule has 0 heterocycles. The molecule has 0 unspecified atom stereocenters. The van der Waals surface area contributed by atoms with Gasteiger partial charge in [-0.2, -0.15) is 0 Å². The molecular weight excluding hydrogens is 330 g/mol. The molecule has 24 heavy (non-hydrogen) atoms. The van der Waals surface area contributed by atoms with E-state index in [0.29, 0.717) is 29.2 Å². The molecule has 0 aliphatic heterocycles. The van der Waals surface area contributed by atoms with Gasteiger partial charge in [0, 0.05) is 18.1 Å². The van der Waals surface area contributed by atoms with Crippen molar-refractivity contribution in [1.82, 2.24) is 0 Å². The van der Waals surface area contributed by atoms with Gasteiger partial charge in [0.05, 0.1) is 33.5 Å². The van der Waals surface area contributed by atoms with E-state index in [0.717, 1.165) is 5.56 Å². The van der Waals surface area contributed by atoms with Gasteiger partial charge in [0.1, 0.15) is 5.75 Å². The third-order valence-corrected chi connectivity index (χ3v) is 3.80. The second-order valence-electron chi connectivity index (χ2n) is 5.23. The largest absolute Gasteiger partial charge is 0.496 e. The highest BCUT2D eigenvalue weighted by Gasteiger charge is 2.23. The van der Waals surface area contributed by atoms with Crippen LogP contribution >= 0.6 is 12.4 Å². The Bertz CT molecular complexity index is 636. The summed E-state index contributed by atoms with van der Waals surface area (Å²) in [5, 5.41) is 10.5. The van der Waals surface area contributed by atoms with E-state index in [4.69, 9.17) is 19.9 Å². The first-order valence-corrected chi connectivity index (χ1v) is 7.38. The van der Waals surface area contributed by atoms with Gasteiger partial charge in [-0.3, -0.25) is 0 Å². The van der Waals surface area contributed by atoms with Gasteiger partial charge in [0.2, 0.25) is 0 Å². The van der Waals surface area contributed by atoms with Gasteiger partial charge in [0.15, 0.2) is 11.5 Å². The van der Waals surface area contributed by atoms with Gasteiger partial charge < -0.3 is 25.1 Å². The summed E-state index contributed by atoms with van der Waals surface area (Å²) in [5.74, 6) is 1.66. The molecule has 0 aliphatic carbocycles. The van der Waals surface area contributed by atoms with Crippen LogP contribution in [0, 0.1) is 0 Å². The van der Waals surface area contributed by atoms with E-state index in [1.54, 1.807) is 33.5 Å². The molecule has 0 aromatic heterocycles. The Labute approximate surface area is 148 Å². The quantitative estimate of drug-likeness (QED) is 0.800. The first-order chi connectivity index (χ1) is 11.1. The molecule has 0 bridgehead atoms. The summed E-state index contributed by atoms with van der Waals surface area (Å²) < 4.78 is 16.0. The number of ether oxygens (including phenoxy) is 3. The topological polar surface area (TPSA) is 73.9 Å². The lowest BCUT2D eigenvalue weighted by molar-refractivity contribution is 0.143. The molecule has 5 nitrogen and oxygen atoms in total. The monoisotopic (exact) mass is 353 g/mol. The van der Waals surface area contributed by atoms with E-state index in [-0.39, 0.29) is 12.4 Å². The van der Waals surface area contributed by atoms with E-state index in [1.165, 1.54) is 0 Å². The molecule has 0 saturated heterocycles. The number of rotatable bonds is 7. The first kappa shape index (κ1) is 20.1. The summed E-state index contributed by atoms with van der Waals surface area (Å²) in [6.07, 6.45) is -0.288. The Morgan fingerprint density at radius 2 is 1.46 bits per heavy atom. The van der Waals surface area contributed by atoms with Crippen LogP contribution in [0.3, 0.4) is 0 Å². The van der Waals surface area contributed by atoms with Crippen LogP contribution in [0.1, 0.15) is 17.2 Å². The van der Waals surface area contributed by atoms with Crippen LogP contribution in [-0.4, -0.2) is 32.5 Å². The average Bonchev–Trinajstić information content (AvgIpc) is 2.60. The minimum absolute atomic E-state index is 0. The Morgan fingerprint density at radius 1 is 0.917 bits per heavy atom. The molecule has 0 amide bonds. The second kappa shape index (κ2) is 9.37. The van der Waals surface area contributed by atoms with Crippen LogP contribution in [0.4, 0.5) is 0 Å². The molecule has 2 rings (SSSR count). The molecule has 2 aromatic rings. The van der Waals surface area contributed by atoms with Crippen molar-refractivity contribution in [2.75, 3.05) is 21.3 Å². The van der Waals surface area contributed by atoms with Crippen molar-refractivity contribution in [3.05, 3.63) is 53.6 Å². The predicted octanol–water partition coefficient (Wildman–Crippen LogP) is 2.74. The molecule has 0 aliphatic rings. The van der Waals surface area contributed by atoms with Gasteiger partial charge in [-0.25, -0.2) is 0 Å². The van der Waals surface area contributed by atoms with Crippen molar-refractivity contribution in [2.24, 2.45) is 5.73 Å². The summed E-state index contributed by atoms with van der Waals surface area (Å²) in [7, 11) is 4.67. The molecule has 0 saturated carbocycles. The van der Waals surface area contributed by atoms with Crippen LogP contribution in [0.5, 0.6) is 17.2 Å². The molecule has 6 heteroatoms. The summed E-state index contributed by atoms with van der Waals surface area (Å²) in [5.41, 5.74) is 7.95. The average molecular weight is 354 g/mol. The number of nitrogens with two attached hydrogens (primary N) is 1. The van der Waals surface area contributed by atoms with Gasteiger partial charge >= 0.3 is 0 Å². The standard InChI is InChI=1S/C18H23NO4.ClH/c1-21-15-11-17(23-3)16(22-2)10-13(15)18(19)14(20)9-12-7-5-4-6-8-12;/h4-8,10-11,14,18,20H,9,19H2,1-3H3;1H/t14-,18+;/m1./s1. The van der Waals surface area contributed by atoms with Crippen LogP contribution < -0.4 is 19.9 Å². The minimum Gasteiger partial charge on any atom is -0.496 e. The van der Waals surface area contributed by atoms with Crippen LogP contribution in [0.15, 0.2) is 42.5 Å². The number of aliphatic hydroxyl groups excluding tert-OH is 1. The van der Waals surface area contributed by atoms with Gasteiger partial charge in [0.25, 0.3) is 0 Å². The Hall–Kier alpha value is -1.95. The van der Waals surface area contributed by atoms with Crippen molar-refractivity contribution in [3.8, 4) is 17.2 Å². The van der Waals surface area contributed by atoms with Gasteiger partial charge in [-0.15, -0.1) is 12.4 Å². The summed E-state index contributed by atoms with van der Waals surface area (Å²) in [4.78, 5) is 0. The number of hydrogen-bond donors (Lipinski definition) is 2. The van der Waals surface area contributed by atoms with Gasteiger partial charge in [-0.1, -0.05) is 30.3 Å². The summed E-state index contributed by atoms with van der Waals surface area (Å²) >= 11 is 0. The number of hydrogen-bond acceptors (Lipinski definition) is 5. The number of methoxy groups -OCH3 is 3. The molecule has 3 N–H and O–H groups in total. The smallest absolute Gasteiger partial charge is 0.164 e. The number of benzene rings is 2. The van der Waals surface area contributed by atoms with Crippen LogP contribution in [0.2, 0.25) is 0 Å². The van der Waals surface area contributed by atoms with E-state index in [2.05, 4.69) is 0 Å². The highest BCUT2D eigenvalue weighted by atomic mass is 35.5. The molecule has 132 valence electrons. The van der Waals surface area contributed by atoms with E-state index in [9.17, 15) is 5.11 Å². The Kier molecular flexibility index (Phi) is 7.85. The highest BCUT2D eigenvalue weighted by molar-refractivity contribution is 5.85. The summed E-state index contributed by atoms with van der Waals surface area (Å²) in [6.45, 7) is 0. The van der Waals surface area contributed by atoms with Crippen molar-refractivity contribution in [3.63, 3.8) is 0 Å². The maximum atomic E-state index is 10.5. The molecule has 0 radical (unpaired) electrons. The Balaban J connectivity index is 0.00000288. The van der Waals surface area contributed by atoms with Crippen molar-refractivity contribution in [2.45, 2.75) is 18.6 Å². The lowest BCUT2D eigenvalue weighted by atomic mass is 9.95. The fourth-order valence-electron chi connectivity index (χ4n) is 2.50. The van der Waals surface area contributed by atoms with Crippen LogP contribution in [-0.2, 0) is 6.42 Å². The van der Waals surface area contributed by atoms with Crippen molar-refractivity contribution in [1.29, 1.82) is 0 Å². The van der Waals surface area contributed by atoms with E-state index in [1.807, 2.05) is 30.3 Å². The third kappa shape index (κ3) is 4.54. The fraction of sp³-hybridized carbons (Fsp3) is 0.333. The molecule has 0 spiro atoms. The third-order valence-electron chi connectivity index (χ3n) is 3.80. The number of halogens is 1. The Morgan fingerprint density at radius 3 is 2.00 bits per heavy atom.